The van der Waals surface area contributed by atoms with Crippen LogP contribution in [0, 0.1) is 13.8 Å². The van der Waals surface area contributed by atoms with Crippen molar-refractivity contribution in [1.29, 1.82) is 0 Å². The highest BCUT2D eigenvalue weighted by Crippen LogP contribution is 2.23. The second-order valence-corrected chi connectivity index (χ2v) is 9.80. The van der Waals surface area contributed by atoms with Gasteiger partial charge in [-0.25, -0.2) is 8.42 Å². The van der Waals surface area contributed by atoms with E-state index >= 15 is 0 Å². The molecule has 1 aromatic carbocycles. The van der Waals surface area contributed by atoms with Crippen molar-refractivity contribution in [2.24, 2.45) is 0 Å². The molecule has 8 heteroatoms. The van der Waals surface area contributed by atoms with Crippen molar-refractivity contribution in [3.05, 3.63) is 41.1 Å². The zero-order valence-electron chi connectivity index (χ0n) is 17.1. The number of hydrogen-bond donors (Lipinski definition) is 1. The van der Waals surface area contributed by atoms with Gasteiger partial charge >= 0.3 is 0 Å². The lowest BCUT2D eigenvalue weighted by Crippen LogP contribution is -2.45. The van der Waals surface area contributed by atoms with E-state index in [2.05, 4.69) is 10.3 Å². The Labute approximate surface area is 171 Å². The van der Waals surface area contributed by atoms with Gasteiger partial charge in [-0.1, -0.05) is 18.2 Å². The zero-order chi connectivity index (χ0) is 21.2. The molecule has 0 spiro atoms. The molecule has 1 aliphatic heterocycles. The van der Waals surface area contributed by atoms with Crippen LogP contribution in [0.1, 0.15) is 30.2 Å². The molecule has 0 radical (unpaired) electrons. The number of nitrogens with zero attached hydrogens (tertiary/aromatic N) is 2. The number of benzene rings is 1. The van der Waals surface area contributed by atoms with E-state index in [1.165, 1.54) is 4.90 Å². The predicted octanol–water partition coefficient (Wildman–Crippen LogP) is 1.55. The highest BCUT2D eigenvalue weighted by Gasteiger charge is 2.29. The number of amides is 2. The highest BCUT2D eigenvalue weighted by atomic mass is 32.2. The number of fused-ring (bicyclic) bond motifs is 1. The summed E-state index contributed by atoms with van der Waals surface area (Å²) in [7, 11) is -3.06. The number of likely N-dealkylation sites (N-methyl/N-ethyl adjacent to an activating group) is 1. The average molecular weight is 418 g/mol. The van der Waals surface area contributed by atoms with Gasteiger partial charge in [0.1, 0.15) is 0 Å². The maximum atomic E-state index is 12.9. The first-order valence-corrected chi connectivity index (χ1v) is 11.6. The molecule has 3 rings (SSSR count). The third-order valence-corrected chi connectivity index (χ3v) is 7.25. The quantitative estimate of drug-likeness (QED) is 0.769. The number of sulfone groups is 1. The largest absolute Gasteiger partial charge is 0.351 e. The number of carbonyl (C=O) groups excluding carboxylic acids is 2. The number of aryl methyl sites for hydroxylation is 2. The fraction of sp³-hybridized carbons (Fsp3) is 0.476. The normalized spacial score (nSPS) is 18.0. The smallest absolute Gasteiger partial charge is 0.239 e. The number of rotatable bonds is 6. The Hall–Kier alpha value is -2.48. The summed E-state index contributed by atoms with van der Waals surface area (Å²) in [6, 6.07) is 7.46. The summed E-state index contributed by atoms with van der Waals surface area (Å²) in [5.41, 5.74) is 3.62. The van der Waals surface area contributed by atoms with E-state index in [-0.39, 0.29) is 42.3 Å². The average Bonchev–Trinajstić information content (AvgIpc) is 3.01. The minimum Gasteiger partial charge on any atom is -0.351 e. The highest BCUT2D eigenvalue weighted by molar-refractivity contribution is 7.91. The van der Waals surface area contributed by atoms with Gasteiger partial charge in [0, 0.05) is 23.7 Å². The van der Waals surface area contributed by atoms with Gasteiger partial charge in [0.25, 0.3) is 0 Å². The van der Waals surface area contributed by atoms with E-state index in [0.717, 1.165) is 27.7 Å². The van der Waals surface area contributed by atoms with Gasteiger partial charge in [-0.3, -0.25) is 14.6 Å². The Morgan fingerprint density at radius 2 is 1.97 bits per heavy atom. The second-order valence-electron chi connectivity index (χ2n) is 7.57. The first-order valence-electron chi connectivity index (χ1n) is 9.82. The van der Waals surface area contributed by atoms with Crippen LogP contribution < -0.4 is 5.32 Å². The fourth-order valence-corrected chi connectivity index (χ4v) is 5.50. The van der Waals surface area contributed by atoms with Crippen LogP contribution in [0.3, 0.4) is 0 Å². The van der Waals surface area contributed by atoms with Crippen molar-refractivity contribution in [2.45, 2.75) is 39.7 Å². The third kappa shape index (κ3) is 4.93. The minimum absolute atomic E-state index is 0.0278. The van der Waals surface area contributed by atoms with Gasteiger partial charge in [-0.2, -0.15) is 0 Å². The maximum absolute atomic E-state index is 12.9. The lowest BCUT2D eigenvalue weighted by atomic mass is 9.99. The van der Waals surface area contributed by atoms with Crippen LogP contribution in [0.25, 0.3) is 10.9 Å². The van der Waals surface area contributed by atoms with Crippen molar-refractivity contribution in [3.8, 4) is 0 Å². The molecule has 2 aromatic rings. The van der Waals surface area contributed by atoms with E-state index in [4.69, 9.17) is 0 Å². The second kappa shape index (κ2) is 8.49. The first-order chi connectivity index (χ1) is 13.7. The van der Waals surface area contributed by atoms with Crippen LogP contribution >= 0.6 is 0 Å². The van der Waals surface area contributed by atoms with Crippen LogP contribution in [0.4, 0.5) is 0 Å². The van der Waals surface area contributed by atoms with Gasteiger partial charge < -0.3 is 10.2 Å². The molecule has 7 nitrogen and oxygen atoms in total. The molecule has 0 saturated carbocycles. The molecule has 1 aliphatic rings. The molecule has 0 aliphatic carbocycles. The van der Waals surface area contributed by atoms with Crippen molar-refractivity contribution >= 4 is 32.6 Å². The van der Waals surface area contributed by atoms with E-state index < -0.39 is 9.84 Å². The molecule has 1 fully saturated rings. The third-order valence-electron chi connectivity index (χ3n) is 5.48. The molecule has 1 N–H and O–H groups in total. The van der Waals surface area contributed by atoms with E-state index in [1.807, 2.05) is 45.0 Å². The number of nitrogens with one attached hydrogen (secondary N) is 1. The Kier molecular flexibility index (Phi) is 6.21. The van der Waals surface area contributed by atoms with E-state index in [9.17, 15) is 18.0 Å². The number of hydrogen-bond acceptors (Lipinski definition) is 5. The Morgan fingerprint density at radius 1 is 1.24 bits per heavy atom. The molecule has 1 saturated heterocycles. The van der Waals surface area contributed by atoms with Crippen LogP contribution in [0.2, 0.25) is 0 Å². The number of para-hydroxylation sites is 1. The fourth-order valence-electron chi connectivity index (χ4n) is 3.83. The molecular formula is C21H27N3O4S. The molecule has 1 unspecified atom stereocenters. The Morgan fingerprint density at radius 3 is 2.62 bits per heavy atom. The molecule has 1 atom stereocenters. The monoisotopic (exact) mass is 417 g/mol. The summed E-state index contributed by atoms with van der Waals surface area (Å²) >= 11 is 0. The van der Waals surface area contributed by atoms with E-state index in [0.29, 0.717) is 13.0 Å². The summed E-state index contributed by atoms with van der Waals surface area (Å²) in [6.07, 6.45) is 0.601. The van der Waals surface area contributed by atoms with Crippen molar-refractivity contribution in [2.75, 3.05) is 24.6 Å². The number of aromatic nitrogens is 1. The van der Waals surface area contributed by atoms with Gasteiger partial charge in [0.15, 0.2) is 9.84 Å². The molecule has 0 bridgehead atoms. The Bertz CT molecular complexity index is 1050. The predicted molar refractivity (Wildman–Crippen MR) is 112 cm³/mol. The SMILES string of the molecule is CCN(CC(=O)NC1CCS(=O)(=O)C1)C(=O)Cc1c(C)nc2ccccc2c1C. The Balaban J connectivity index is 1.69. The molecule has 1 aromatic heterocycles. The van der Waals surface area contributed by atoms with Crippen LogP contribution in [-0.2, 0) is 25.8 Å². The molecule has 29 heavy (non-hydrogen) atoms. The van der Waals surface area contributed by atoms with Crippen molar-refractivity contribution in [3.63, 3.8) is 0 Å². The summed E-state index contributed by atoms with van der Waals surface area (Å²) in [5, 5.41) is 3.76. The van der Waals surface area contributed by atoms with Gasteiger partial charge in [0.05, 0.1) is 30.0 Å². The molecule has 2 heterocycles. The van der Waals surface area contributed by atoms with Crippen LogP contribution in [0.5, 0.6) is 0 Å². The summed E-state index contributed by atoms with van der Waals surface area (Å²) in [6.45, 7) is 6.03. The van der Waals surface area contributed by atoms with Gasteiger partial charge in [-0.15, -0.1) is 0 Å². The molecule has 2 amide bonds. The van der Waals surface area contributed by atoms with Gasteiger partial charge in [0.2, 0.25) is 11.8 Å². The summed E-state index contributed by atoms with van der Waals surface area (Å²) < 4.78 is 23.1. The molecular weight excluding hydrogens is 390 g/mol. The first kappa shape index (κ1) is 21.2. The lowest BCUT2D eigenvalue weighted by molar-refractivity contribution is -0.135. The molecule has 156 valence electrons. The van der Waals surface area contributed by atoms with E-state index in [1.54, 1.807) is 0 Å². The lowest BCUT2D eigenvalue weighted by Gasteiger charge is -2.22. The van der Waals surface area contributed by atoms with Crippen LogP contribution in [0.15, 0.2) is 24.3 Å². The van der Waals surface area contributed by atoms with Crippen LogP contribution in [-0.4, -0.2) is 60.8 Å². The zero-order valence-corrected chi connectivity index (χ0v) is 17.9. The maximum Gasteiger partial charge on any atom is 0.239 e. The topological polar surface area (TPSA) is 96.4 Å². The number of carbonyl (C=O) groups is 2. The minimum atomic E-state index is -3.06. The standard InChI is InChI=1S/C21H27N3O4S/c1-4-24(12-20(25)23-16-9-10-29(27,28)13-16)21(26)11-18-14(2)17-7-5-6-8-19(17)22-15(18)3/h5-8,16H,4,9-13H2,1-3H3,(H,23,25). The number of pyridine rings is 1. The van der Waals surface area contributed by atoms with Crippen molar-refractivity contribution < 1.29 is 18.0 Å². The van der Waals surface area contributed by atoms with Gasteiger partial charge in [-0.05, 0) is 44.4 Å². The summed E-state index contributed by atoms with van der Waals surface area (Å²) in [4.78, 5) is 31.3. The summed E-state index contributed by atoms with van der Waals surface area (Å²) in [5.74, 6) is -0.403. The van der Waals surface area contributed by atoms with Crippen molar-refractivity contribution in [1.82, 2.24) is 15.2 Å².